The van der Waals surface area contributed by atoms with E-state index in [1.807, 2.05) is 48.5 Å². The van der Waals surface area contributed by atoms with Gasteiger partial charge in [-0.05, 0) is 70.8 Å². The lowest BCUT2D eigenvalue weighted by molar-refractivity contribution is 0.655. The average molecular weight is 463 g/mol. The Hall–Kier alpha value is -4.96. The van der Waals surface area contributed by atoms with Crippen molar-refractivity contribution < 1.29 is 8.83 Å². The topological polar surface area (TPSA) is 52.1 Å². The highest BCUT2D eigenvalue weighted by atomic mass is 16.3. The van der Waals surface area contributed by atoms with Gasteiger partial charge in [-0.2, -0.15) is 0 Å². The van der Waals surface area contributed by atoms with Gasteiger partial charge < -0.3 is 8.83 Å². The minimum Gasteiger partial charge on any atom is -0.456 e. The van der Waals surface area contributed by atoms with Gasteiger partial charge in [-0.3, -0.25) is 0 Å². The first-order valence-corrected chi connectivity index (χ1v) is 11.9. The zero-order valence-electron chi connectivity index (χ0n) is 19.1. The highest BCUT2D eigenvalue weighted by Crippen LogP contribution is 2.35. The molecule has 0 saturated carbocycles. The molecule has 4 nitrogen and oxygen atoms in total. The summed E-state index contributed by atoms with van der Waals surface area (Å²) in [7, 11) is 0. The summed E-state index contributed by atoms with van der Waals surface area (Å²) in [6.07, 6.45) is 0. The van der Waals surface area contributed by atoms with E-state index in [0.29, 0.717) is 5.71 Å². The maximum Gasteiger partial charge on any atom is 0.246 e. The molecule has 5 aromatic carbocycles. The molecular formula is C32H18N2O2. The molecule has 0 aliphatic carbocycles. The van der Waals surface area contributed by atoms with E-state index in [2.05, 4.69) is 65.6 Å². The van der Waals surface area contributed by atoms with Crippen LogP contribution in [-0.2, 0) is 0 Å². The van der Waals surface area contributed by atoms with Crippen LogP contribution in [0.2, 0.25) is 0 Å². The Labute approximate surface area is 205 Å². The number of aromatic nitrogens is 2. The summed E-state index contributed by atoms with van der Waals surface area (Å²) in [5.41, 5.74) is 10.2. The molecule has 3 aromatic heterocycles. The van der Waals surface area contributed by atoms with Gasteiger partial charge in [0.1, 0.15) is 22.3 Å². The van der Waals surface area contributed by atoms with Crippen LogP contribution in [0.4, 0.5) is 0 Å². The summed E-state index contributed by atoms with van der Waals surface area (Å²) < 4.78 is 12.0. The third-order valence-electron chi connectivity index (χ3n) is 6.89. The number of nitrogens with zero attached hydrogens (tertiary/aromatic N) is 2. The lowest BCUT2D eigenvalue weighted by atomic mass is 9.97. The zero-order chi connectivity index (χ0) is 23.6. The van der Waals surface area contributed by atoms with Gasteiger partial charge in [-0.25, -0.2) is 9.97 Å². The molecule has 0 amide bonds. The molecule has 168 valence electrons. The first-order valence-electron chi connectivity index (χ1n) is 11.9. The number of furan rings is 2. The van der Waals surface area contributed by atoms with Crippen LogP contribution < -0.4 is 0 Å². The Morgan fingerprint density at radius 1 is 0.417 bits per heavy atom. The van der Waals surface area contributed by atoms with Gasteiger partial charge in [0.2, 0.25) is 5.71 Å². The number of hydrogen-bond acceptors (Lipinski definition) is 4. The lowest BCUT2D eigenvalue weighted by Gasteiger charge is -2.07. The smallest absolute Gasteiger partial charge is 0.246 e. The molecule has 0 spiro atoms. The number of hydrogen-bond donors (Lipinski definition) is 0. The first kappa shape index (κ1) is 19.4. The molecule has 0 aliphatic heterocycles. The fourth-order valence-corrected chi connectivity index (χ4v) is 5.10. The summed E-state index contributed by atoms with van der Waals surface area (Å²) in [6.45, 7) is 0. The van der Waals surface area contributed by atoms with Crippen molar-refractivity contribution in [1.82, 2.24) is 9.97 Å². The van der Waals surface area contributed by atoms with E-state index in [0.717, 1.165) is 71.7 Å². The van der Waals surface area contributed by atoms with Crippen molar-refractivity contribution in [2.24, 2.45) is 0 Å². The second-order valence-corrected chi connectivity index (χ2v) is 9.07. The van der Waals surface area contributed by atoms with Crippen molar-refractivity contribution in [3.63, 3.8) is 0 Å². The molecule has 8 aromatic rings. The van der Waals surface area contributed by atoms with Crippen LogP contribution in [0.15, 0.2) is 118 Å². The molecule has 0 saturated heterocycles. The predicted octanol–water partition coefficient (Wildman–Crippen LogP) is 8.76. The van der Waals surface area contributed by atoms with Crippen LogP contribution in [0.5, 0.6) is 0 Å². The summed E-state index contributed by atoms with van der Waals surface area (Å²) >= 11 is 0. The molecule has 0 atom stereocenters. The zero-order valence-corrected chi connectivity index (χ0v) is 19.1. The Balaban J connectivity index is 1.26. The van der Waals surface area contributed by atoms with Crippen LogP contribution in [0.3, 0.4) is 0 Å². The largest absolute Gasteiger partial charge is 0.456 e. The highest BCUT2D eigenvalue weighted by Gasteiger charge is 2.13. The van der Waals surface area contributed by atoms with Gasteiger partial charge in [0.05, 0.1) is 11.0 Å². The molecule has 0 aliphatic rings. The van der Waals surface area contributed by atoms with Crippen molar-refractivity contribution in [1.29, 1.82) is 0 Å². The summed E-state index contributed by atoms with van der Waals surface area (Å²) in [5.74, 6) is 0. The molecule has 3 heterocycles. The fourth-order valence-electron chi connectivity index (χ4n) is 5.10. The summed E-state index contributed by atoms with van der Waals surface area (Å²) in [5, 5.41) is 3.24. The maximum atomic E-state index is 6.03. The minimum atomic E-state index is 0.565. The molecule has 0 bridgehead atoms. The standard InChI is InChI=1S/C32H18N2O2/c1-4-11-28-23(8-1)24-17-21(12-14-29(24)35-28)19-6-5-7-20(16-19)22-13-15-30-25(18-22)31-32(36-30)34-27-10-3-2-9-26(27)33-31/h1-18H. The van der Waals surface area contributed by atoms with E-state index in [1.54, 1.807) is 0 Å². The molecule has 0 unspecified atom stereocenters. The van der Waals surface area contributed by atoms with Gasteiger partial charge in [-0.15, -0.1) is 0 Å². The summed E-state index contributed by atoms with van der Waals surface area (Å²) in [4.78, 5) is 9.53. The third-order valence-corrected chi connectivity index (χ3v) is 6.89. The van der Waals surface area contributed by atoms with Crippen molar-refractivity contribution in [3.05, 3.63) is 109 Å². The van der Waals surface area contributed by atoms with Crippen molar-refractivity contribution in [2.75, 3.05) is 0 Å². The van der Waals surface area contributed by atoms with Crippen LogP contribution in [0, 0.1) is 0 Å². The summed E-state index contributed by atoms with van der Waals surface area (Å²) in [6, 6.07) is 37.3. The minimum absolute atomic E-state index is 0.565. The lowest BCUT2D eigenvalue weighted by Crippen LogP contribution is -1.84. The van der Waals surface area contributed by atoms with Gasteiger partial charge in [-0.1, -0.05) is 60.7 Å². The first-order chi connectivity index (χ1) is 17.8. The second kappa shape index (κ2) is 7.27. The quantitative estimate of drug-likeness (QED) is 0.258. The molecular weight excluding hydrogens is 444 g/mol. The van der Waals surface area contributed by atoms with Crippen LogP contribution in [0.25, 0.3) is 77.4 Å². The van der Waals surface area contributed by atoms with Gasteiger partial charge in [0.25, 0.3) is 0 Å². The van der Waals surface area contributed by atoms with Crippen molar-refractivity contribution >= 4 is 55.2 Å². The van der Waals surface area contributed by atoms with Gasteiger partial charge in [0.15, 0.2) is 0 Å². The van der Waals surface area contributed by atoms with Crippen molar-refractivity contribution in [3.8, 4) is 22.3 Å². The molecule has 8 rings (SSSR count). The predicted molar refractivity (Wildman–Crippen MR) is 145 cm³/mol. The SMILES string of the molecule is c1cc(-c2ccc3oc4ccccc4c3c2)cc(-c2ccc3oc4nc5ccccc5nc4c3c2)c1. The Morgan fingerprint density at radius 2 is 1.03 bits per heavy atom. The average Bonchev–Trinajstić information content (AvgIpc) is 3.48. The van der Waals surface area contributed by atoms with E-state index >= 15 is 0 Å². The molecule has 4 heteroatoms. The van der Waals surface area contributed by atoms with E-state index in [1.165, 1.54) is 0 Å². The Bertz CT molecular complexity index is 2120. The van der Waals surface area contributed by atoms with Gasteiger partial charge >= 0.3 is 0 Å². The second-order valence-electron chi connectivity index (χ2n) is 9.07. The number of rotatable bonds is 2. The molecule has 0 N–H and O–H groups in total. The highest BCUT2D eigenvalue weighted by molar-refractivity contribution is 6.07. The van der Waals surface area contributed by atoms with Crippen LogP contribution in [0.1, 0.15) is 0 Å². The maximum absolute atomic E-state index is 6.03. The van der Waals surface area contributed by atoms with Gasteiger partial charge in [0, 0.05) is 16.2 Å². The molecule has 0 fully saturated rings. The number of benzene rings is 5. The van der Waals surface area contributed by atoms with Crippen molar-refractivity contribution in [2.45, 2.75) is 0 Å². The Kier molecular flexibility index (Phi) is 3.91. The fraction of sp³-hybridized carbons (Fsp3) is 0. The van der Waals surface area contributed by atoms with E-state index in [4.69, 9.17) is 13.8 Å². The Morgan fingerprint density at radius 3 is 1.83 bits per heavy atom. The van der Waals surface area contributed by atoms with Crippen LogP contribution >= 0.6 is 0 Å². The van der Waals surface area contributed by atoms with E-state index in [9.17, 15) is 0 Å². The monoisotopic (exact) mass is 462 g/mol. The number of fused-ring (bicyclic) bond motifs is 7. The van der Waals surface area contributed by atoms with E-state index in [-0.39, 0.29) is 0 Å². The van der Waals surface area contributed by atoms with Crippen LogP contribution in [-0.4, -0.2) is 9.97 Å². The third kappa shape index (κ3) is 2.88. The molecule has 36 heavy (non-hydrogen) atoms. The van der Waals surface area contributed by atoms with E-state index < -0.39 is 0 Å². The normalized spacial score (nSPS) is 11.9. The molecule has 0 radical (unpaired) electrons. The number of para-hydroxylation sites is 3.